The molecule has 1 aliphatic heterocycles. The summed E-state index contributed by atoms with van der Waals surface area (Å²) in [4.78, 5) is 22.6. The molecule has 0 aromatic heterocycles. The SMILES string of the molecule is O=C1CNC(=O)[C@H](Cc2cccc(Cl)c2)N1. The molecule has 1 aliphatic rings. The van der Waals surface area contributed by atoms with Crippen molar-refractivity contribution in [1.82, 2.24) is 10.6 Å². The van der Waals surface area contributed by atoms with Crippen LogP contribution in [0.15, 0.2) is 24.3 Å². The number of benzene rings is 1. The number of piperazine rings is 1. The normalized spacial score (nSPS) is 20.2. The van der Waals surface area contributed by atoms with E-state index in [0.29, 0.717) is 11.4 Å². The Morgan fingerprint density at radius 3 is 2.94 bits per heavy atom. The van der Waals surface area contributed by atoms with Crippen LogP contribution in [-0.4, -0.2) is 24.4 Å². The molecule has 2 N–H and O–H groups in total. The number of rotatable bonds is 2. The molecule has 1 fully saturated rings. The van der Waals surface area contributed by atoms with Gasteiger partial charge in [-0.25, -0.2) is 0 Å². The summed E-state index contributed by atoms with van der Waals surface area (Å²) in [7, 11) is 0. The van der Waals surface area contributed by atoms with Crippen LogP contribution in [0.2, 0.25) is 5.02 Å². The number of amides is 2. The lowest BCUT2D eigenvalue weighted by Crippen LogP contribution is -2.56. The molecule has 16 heavy (non-hydrogen) atoms. The highest BCUT2D eigenvalue weighted by molar-refractivity contribution is 6.30. The predicted octanol–water partition coefficient (Wildman–Crippen LogP) is 0.497. The van der Waals surface area contributed by atoms with Gasteiger partial charge in [-0.2, -0.15) is 0 Å². The summed E-state index contributed by atoms with van der Waals surface area (Å²) in [6.07, 6.45) is 0.456. The third-order valence-electron chi connectivity index (χ3n) is 2.40. The standard InChI is InChI=1S/C11H11ClN2O2/c12-8-3-1-2-7(4-8)5-9-11(16)13-6-10(15)14-9/h1-4,9H,5-6H2,(H,13,16)(H,14,15)/t9-/m0/s1. The molecule has 1 aromatic rings. The summed E-state index contributed by atoms with van der Waals surface area (Å²) < 4.78 is 0. The highest BCUT2D eigenvalue weighted by Gasteiger charge is 2.25. The first kappa shape index (κ1) is 11.0. The Hall–Kier alpha value is -1.55. The number of nitrogens with one attached hydrogen (secondary N) is 2. The molecule has 0 aliphatic carbocycles. The van der Waals surface area contributed by atoms with Crippen LogP contribution in [0.5, 0.6) is 0 Å². The topological polar surface area (TPSA) is 58.2 Å². The first-order chi connectivity index (χ1) is 7.65. The third-order valence-corrected chi connectivity index (χ3v) is 2.64. The molecule has 0 bridgehead atoms. The second-order valence-electron chi connectivity index (χ2n) is 3.67. The summed E-state index contributed by atoms with van der Waals surface area (Å²) in [5.41, 5.74) is 0.926. The highest BCUT2D eigenvalue weighted by Crippen LogP contribution is 2.12. The zero-order chi connectivity index (χ0) is 11.5. The van der Waals surface area contributed by atoms with Crippen molar-refractivity contribution in [2.75, 3.05) is 6.54 Å². The molecule has 2 amide bonds. The largest absolute Gasteiger partial charge is 0.345 e. The van der Waals surface area contributed by atoms with E-state index in [1.165, 1.54) is 0 Å². The fourth-order valence-electron chi connectivity index (χ4n) is 1.64. The van der Waals surface area contributed by atoms with Gasteiger partial charge >= 0.3 is 0 Å². The molecule has 0 radical (unpaired) electrons. The molecule has 1 aromatic carbocycles. The average Bonchev–Trinajstić information content (AvgIpc) is 2.24. The smallest absolute Gasteiger partial charge is 0.243 e. The fraction of sp³-hybridized carbons (Fsp3) is 0.273. The van der Waals surface area contributed by atoms with E-state index in [4.69, 9.17) is 11.6 Å². The zero-order valence-corrected chi connectivity index (χ0v) is 9.25. The van der Waals surface area contributed by atoms with Gasteiger partial charge in [-0.05, 0) is 17.7 Å². The van der Waals surface area contributed by atoms with E-state index < -0.39 is 6.04 Å². The van der Waals surface area contributed by atoms with Gasteiger partial charge in [0.15, 0.2) is 0 Å². The number of hydrogen-bond donors (Lipinski definition) is 2. The molecule has 4 nitrogen and oxygen atoms in total. The van der Waals surface area contributed by atoms with E-state index >= 15 is 0 Å². The van der Waals surface area contributed by atoms with Crippen LogP contribution in [-0.2, 0) is 16.0 Å². The lowest BCUT2D eigenvalue weighted by atomic mass is 10.0. The van der Waals surface area contributed by atoms with Gasteiger partial charge in [-0.15, -0.1) is 0 Å². The molecule has 1 atom stereocenters. The average molecular weight is 239 g/mol. The molecule has 5 heteroatoms. The van der Waals surface area contributed by atoms with Crippen molar-refractivity contribution in [3.8, 4) is 0 Å². The minimum absolute atomic E-state index is 0.0604. The van der Waals surface area contributed by atoms with Gasteiger partial charge < -0.3 is 10.6 Å². The highest BCUT2D eigenvalue weighted by atomic mass is 35.5. The van der Waals surface area contributed by atoms with Crippen LogP contribution in [0, 0.1) is 0 Å². The van der Waals surface area contributed by atoms with Crippen molar-refractivity contribution >= 4 is 23.4 Å². The number of halogens is 1. The summed E-state index contributed by atoms with van der Waals surface area (Å²) in [5.74, 6) is -0.314. The first-order valence-electron chi connectivity index (χ1n) is 4.96. The van der Waals surface area contributed by atoms with Crippen molar-refractivity contribution in [3.63, 3.8) is 0 Å². The van der Waals surface area contributed by atoms with Crippen LogP contribution < -0.4 is 10.6 Å². The maximum absolute atomic E-state index is 11.5. The summed E-state index contributed by atoms with van der Waals surface area (Å²) in [6, 6.07) is 6.75. The lowest BCUT2D eigenvalue weighted by Gasteiger charge is -2.23. The molecule has 2 rings (SSSR count). The van der Waals surface area contributed by atoms with E-state index in [9.17, 15) is 9.59 Å². The predicted molar refractivity (Wildman–Crippen MR) is 60.1 cm³/mol. The number of carbonyl (C=O) groups is 2. The monoisotopic (exact) mass is 238 g/mol. The Morgan fingerprint density at radius 1 is 1.38 bits per heavy atom. The molecule has 0 unspecified atom stereocenters. The molecule has 84 valence electrons. The van der Waals surface area contributed by atoms with E-state index in [2.05, 4.69) is 10.6 Å². The van der Waals surface area contributed by atoms with Crippen molar-refractivity contribution in [2.24, 2.45) is 0 Å². The van der Waals surface area contributed by atoms with E-state index in [-0.39, 0.29) is 18.4 Å². The van der Waals surface area contributed by atoms with Gasteiger partial charge in [-0.1, -0.05) is 23.7 Å². The van der Waals surface area contributed by atoms with E-state index in [1.807, 2.05) is 12.1 Å². The maximum atomic E-state index is 11.5. The van der Waals surface area contributed by atoms with Crippen LogP contribution in [0.3, 0.4) is 0 Å². The van der Waals surface area contributed by atoms with Gasteiger partial charge in [0.2, 0.25) is 11.8 Å². The van der Waals surface area contributed by atoms with Crippen LogP contribution >= 0.6 is 11.6 Å². The molecule has 0 spiro atoms. The van der Waals surface area contributed by atoms with Crippen LogP contribution in [0.25, 0.3) is 0 Å². The van der Waals surface area contributed by atoms with Crippen LogP contribution in [0.4, 0.5) is 0 Å². The Labute approximate surface area is 98.0 Å². The van der Waals surface area contributed by atoms with Crippen molar-refractivity contribution in [1.29, 1.82) is 0 Å². The fourth-order valence-corrected chi connectivity index (χ4v) is 1.86. The Balaban J connectivity index is 2.08. The minimum Gasteiger partial charge on any atom is -0.345 e. The Morgan fingerprint density at radius 2 is 2.19 bits per heavy atom. The molecular weight excluding hydrogens is 228 g/mol. The third kappa shape index (κ3) is 2.52. The lowest BCUT2D eigenvalue weighted by molar-refractivity contribution is -0.133. The summed E-state index contributed by atoms with van der Waals surface area (Å²) in [5, 5.41) is 5.80. The van der Waals surface area contributed by atoms with Crippen LogP contribution in [0.1, 0.15) is 5.56 Å². The van der Waals surface area contributed by atoms with Gasteiger partial charge in [0.25, 0.3) is 0 Å². The Kier molecular flexibility index (Phi) is 3.10. The van der Waals surface area contributed by atoms with E-state index in [1.54, 1.807) is 12.1 Å². The van der Waals surface area contributed by atoms with E-state index in [0.717, 1.165) is 5.56 Å². The quantitative estimate of drug-likeness (QED) is 0.788. The minimum atomic E-state index is -0.500. The Bertz CT molecular complexity index is 434. The second kappa shape index (κ2) is 4.53. The molecule has 1 saturated heterocycles. The summed E-state index contributed by atoms with van der Waals surface area (Å²) >= 11 is 5.84. The van der Waals surface area contributed by atoms with Gasteiger partial charge in [0.05, 0.1) is 6.54 Å². The second-order valence-corrected chi connectivity index (χ2v) is 4.11. The number of hydrogen-bond acceptors (Lipinski definition) is 2. The van der Waals surface area contributed by atoms with Crippen molar-refractivity contribution < 1.29 is 9.59 Å². The van der Waals surface area contributed by atoms with Crippen molar-refractivity contribution in [3.05, 3.63) is 34.9 Å². The van der Waals surface area contributed by atoms with Crippen molar-refractivity contribution in [2.45, 2.75) is 12.5 Å². The first-order valence-corrected chi connectivity index (χ1v) is 5.34. The summed E-state index contributed by atoms with van der Waals surface area (Å²) in [6.45, 7) is 0.0604. The van der Waals surface area contributed by atoms with Gasteiger partial charge in [0.1, 0.15) is 6.04 Å². The van der Waals surface area contributed by atoms with Gasteiger partial charge in [0, 0.05) is 11.4 Å². The molecule has 1 heterocycles. The van der Waals surface area contributed by atoms with Gasteiger partial charge in [-0.3, -0.25) is 9.59 Å². The number of carbonyl (C=O) groups excluding carboxylic acids is 2. The molecular formula is C11H11ClN2O2. The zero-order valence-electron chi connectivity index (χ0n) is 8.50. The molecule has 0 saturated carbocycles. The maximum Gasteiger partial charge on any atom is 0.243 e.